The number of aromatic nitrogens is 4. The van der Waals surface area contributed by atoms with Crippen molar-refractivity contribution in [2.45, 2.75) is 6.04 Å². The SMILES string of the molecule is CN1CCNCC1c1noc(-c2ccc(-c3ccccn3)[nH]c2=O)n1.Cl. The standard InChI is InChI=1S/C17H18N6O2.ClH/c1-23-9-8-18-10-14(23)15-21-17(25-22-15)11-5-6-13(20-16(11)24)12-4-2-3-7-19-12;/h2-7,14,18H,8-10H2,1H3,(H,20,24);1H. The molecule has 1 atom stereocenters. The zero-order valence-corrected chi connectivity index (χ0v) is 15.0. The first-order valence-corrected chi connectivity index (χ1v) is 8.12. The molecular weight excluding hydrogens is 356 g/mol. The van der Waals surface area contributed by atoms with Gasteiger partial charge in [-0.1, -0.05) is 11.2 Å². The van der Waals surface area contributed by atoms with E-state index in [1.54, 1.807) is 18.3 Å². The first-order valence-electron chi connectivity index (χ1n) is 8.12. The van der Waals surface area contributed by atoms with E-state index < -0.39 is 0 Å². The van der Waals surface area contributed by atoms with Gasteiger partial charge in [0.2, 0.25) is 0 Å². The monoisotopic (exact) mass is 374 g/mol. The number of aromatic amines is 1. The molecule has 3 aromatic heterocycles. The Morgan fingerprint density at radius 3 is 2.88 bits per heavy atom. The lowest BCUT2D eigenvalue weighted by atomic mass is 10.2. The number of piperazine rings is 1. The molecule has 3 aromatic rings. The van der Waals surface area contributed by atoms with Crippen molar-refractivity contribution in [2.24, 2.45) is 0 Å². The second-order valence-electron chi connectivity index (χ2n) is 5.99. The molecule has 0 radical (unpaired) electrons. The van der Waals surface area contributed by atoms with E-state index in [9.17, 15) is 4.79 Å². The highest BCUT2D eigenvalue weighted by Gasteiger charge is 2.26. The van der Waals surface area contributed by atoms with Gasteiger partial charge in [0.1, 0.15) is 5.56 Å². The average Bonchev–Trinajstić information content (AvgIpc) is 3.12. The van der Waals surface area contributed by atoms with Crippen LogP contribution in [0.15, 0.2) is 45.8 Å². The predicted octanol–water partition coefficient (Wildman–Crippen LogP) is 1.48. The van der Waals surface area contributed by atoms with E-state index in [1.807, 2.05) is 25.2 Å². The Morgan fingerprint density at radius 1 is 1.27 bits per heavy atom. The lowest BCUT2D eigenvalue weighted by Gasteiger charge is -2.30. The summed E-state index contributed by atoms with van der Waals surface area (Å²) in [6.07, 6.45) is 1.68. The molecule has 4 heterocycles. The molecule has 0 bridgehead atoms. The molecular formula is C17H19ClN6O2. The highest BCUT2D eigenvalue weighted by Crippen LogP contribution is 2.22. The third-order valence-corrected chi connectivity index (χ3v) is 4.33. The molecule has 1 fully saturated rings. The van der Waals surface area contributed by atoms with Gasteiger partial charge in [-0.25, -0.2) is 0 Å². The number of hydrogen-bond donors (Lipinski definition) is 2. The Hall–Kier alpha value is -2.55. The number of hydrogen-bond acceptors (Lipinski definition) is 7. The molecule has 0 aromatic carbocycles. The summed E-state index contributed by atoms with van der Waals surface area (Å²) in [6, 6.07) is 9.04. The van der Waals surface area contributed by atoms with E-state index in [0.29, 0.717) is 22.8 Å². The smallest absolute Gasteiger partial charge is 0.263 e. The van der Waals surface area contributed by atoms with Crippen LogP contribution in [0.4, 0.5) is 0 Å². The van der Waals surface area contributed by atoms with E-state index >= 15 is 0 Å². The summed E-state index contributed by atoms with van der Waals surface area (Å²) in [5, 5.41) is 7.37. The lowest BCUT2D eigenvalue weighted by molar-refractivity contribution is 0.190. The van der Waals surface area contributed by atoms with Crippen LogP contribution >= 0.6 is 12.4 Å². The van der Waals surface area contributed by atoms with Gasteiger partial charge in [-0.3, -0.25) is 14.7 Å². The number of likely N-dealkylation sites (N-methyl/N-ethyl adjacent to an activating group) is 1. The zero-order chi connectivity index (χ0) is 17.2. The molecule has 1 aliphatic heterocycles. The van der Waals surface area contributed by atoms with Crippen LogP contribution < -0.4 is 10.9 Å². The van der Waals surface area contributed by atoms with Crippen LogP contribution in [-0.2, 0) is 0 Å². The van der Waals surface area contributed by atoms with Gasteiger partial charge in [-0.2, -0.15) is 4.98 Å². The van der Waals surface area contributed by atoms with Crippen molar-refractivity contribution in [1.82, 2.24) is 30.3 Å². The van der Waals surface area contributed by atoms with Crippen LogP contribution in [0.3, 0.4) is 0 Å². The largest absolute Gasteiger partial charge is 0.334 e. The summed E-state index contributed by atoms with van der Waals surface area (Å²) in [6.45, 7) is 2.60. The number of nitrogens with zero attached hydrogens (tertiary/aromatic N) is 4. The van der Waals surface area contributed by atoms with E-state index in [4.69, 9.17) is 4.52 Å². The highest BCUT2D eigenvalue weighted by atomic mass is 35.5. The van der Waals surface area contributed by atoms with Crippen molar-refractivity contribution in [1.29, 1.82) is 0 Å². The second kappa shape index (κ2) is 7.77. The predicted molar refractivity (Wildman–Crippen MR) is 99.1 cm³/mol. The minimum atomic E-state index is -0.284. The van der Waals surface area contributed by atoms with Gasteiger partial charge in [0.25, 0.3) is 11.4 Å². The molecule has 0 aliphatic carbocycles. The van der Waals surface area contributed by atoms with Gasteiger partial charge in [0.05, 0.1) is 17.4 Å². The van der Waals surface area contributed by atoms with Gasteiger partial charge in [0.15, 0.2) is 5.82 Å². The van der Waals surface area contributed by atoms with Crippen molar-refractivity contribution in [3.63, 3.8) is 0 Å². The van der Waals surface area contributed by atoms with Crippen molar-refractivity contribution >= 4 is 12.4 Å². The van der Waals surface area contributed by atoms with Crippen LogP contribution in [-0.4, -0.2) is 51.7 Å². The molecule has 4 rings (SSSR count). The Morgan fingerprint density at radius 2 is 2.15 bits per heavy atom. The van der Waals surface area contributed by atoms with Crippen LogP contribution in [0.2, 0.25) is 0 Å². The minimum Gasteiger partial charge on any atom is -0.334 e. The summed E-state index contributed by atoms with van der Waals surface area (Å²) in [5.74, 6) is 0.806. The maximum Gasteiger partial charge on any atom is 0.263 e. The molecule has 1 unspecified atom stereocenters. The first kappa shape index (κ1) is 18.2. The summed E-state index contributed by atoms with van der Waals surface area (Å²) in [5.41, 5.74) is 1.41. The number of pyridine rings is 2. The molecule has 136 valence electrons. The van der Waals surface area contributed by atoms with E-state index in [2.05, 4.69) is 30.3 Å². The molecule has 2 N–H and O–H groups in total. The number of rotatable bonds is 3. The van der Waals surface area contributed by atoms with Crippen LogP contribution in [0.1, 0.15) is 11.9 Å². The average molecular weight is 375 g/mol. The Kier molecular flexibility index (Phi) is 5.46. The normalized spacial score (nSPS) is 17.7. The quantitative estimate of drug-likeness (QED) is 0.716. The molecule has 0 amide bonds. The molecule has 8 nitrogen and oxygen atoms in total. The Labute approximate surface area is 156 Å². The highest BCUT2D eigenvalue weighted by molar-refractivity contribution is 5.85. The number of H-pyrrole nitrogens is 1. The maximum absolute atomic E-state index is 12.4. The van der Waals surface area contributed by atoms with Gasteiger partial charge < -0.3 is 14.8 Å². The van der Waals surface area contributed by atoms with Crippen LogP contribution in [0.25, 0.3) is 22.8 Å². The van der Waals surface area contributed by atoms with Crippen LogP contribution in [0.5, 0.6) is 0 Å². The summed E-state index contributed by atoms with van der Waals surface area (Å²) >= 11 is 0. The third-order valence-electron chi connectivity index (χ3n) is 4.33. The van der Waals surface area contributed by atoms with E-state index in [1.165, 1.54) is 0 Å². The maximum atomic E-state index is 12.4. The second-order valence-corrected chi connectivity index (χ2v) is 5.99. The molecule has 0 saturated carbocycles. The molecule has 9 heteroatoms. The summed E-state index contributed by atoms with van der Waals surface area (Å²) < 4.78 is 5.33. The molecule has 0 spiro atoms. The molecule has 1 saturated heterocycles. The molecule has 1 aliphatic rings. The third kappa shape index (κ3) is 3.52. The van der Waals surface area contributed by atoms with Gasteiger partial charge in [-0.15, -0.1) is 12.4 Å². The zero-order valence-electron chi connectivity index (χ0n) is 14.2. The summed E-state index contributed by atoms with van der Waals surface area (Å²) in [4.78, 5) is 26.1. The van der Waals surface area contributed by atoms with Gasteiger partial charge in [0, 0.05) is 25.8 Å². The Bertz CT molecular complexity index is 926. The van der Waals surface area contributed by atoms with Crippen LogP contribution in [0, 0.1) is 0 Å². The fourth-order valence-corrected chi connectivity index (χ4v) is 2.89. The van der Waals surface area contributed by atoms with Crippen molar-refractivity contribution in [3.8, 4) is 22.8 Å². The lowest BCUT2D eigenvalue weighted by Crippen LogP contribution is -2.44. The summed E-state index contributed by atoms with van der Waals surface area (Å²) in [7, 11) is 2.02. The fourth-order valence-electron chi connectivity index (χ4n) is 2.89. The van der Waals surface area contributed by atoms with Crippen molar-refractivity contribution < 1.29 is 4.52 Å². The fraction of sp³-hybridized carbons (Fsp3) is 0.294. The minimum absolute atomic E-state index is 0. The number of halogens is 1. The first-order chi connectivity index (χ1) is 12.2. The van der Waals surface area contributed by atoms with Gasteiger partial charge >= 0.3 is 0 Å². The van der Waals surface area contributed by atoms with E-state index in [0.717, 1.165) is 19.6 Å². The van der Waals surface area contributed by atoms with E-state index in [-0.39, 0.29) is 29.9 Å². The van der Waals surface area contributed by atoms with Gasteiger partial charge in [-0.05, 0) is 31.3 Å². The van der Waals surface area contributed by atoms with Crippen molar-refractivity contribution in [3.05, 3.63) is 52.7 Å². The Balaban J connectivity index is 0.00000196. The molecule has 26 heavy (non-hydrogen) atoms. The van der Waals surface area contributed by atoms with Crippen molar-refractivity contribution in [2.75, 3.05) is 26.7 Å². The number of nitrogens with one attached hydrogen (secondary N) is 2. The topological polar surface area (TPSA) is 99.9 Å².